The van der Waals surface area contributed by atoms with Crippen molar-refractivity contribution in [3.63, 3.8) is 0 Å². The number of hydrogen-bond acceptors (Lipinski definition) is 4. The smallest absolute Gasteiger partial charge is 0.123 e. The highest BCUT2D eigenvalue weighted by Crippen LogP contribution is 2.23. The van der Waals surface area contributed by atoms with Crippen LogP contribution in [0.1, 0.15) is 12.0 Å². The van der Waals surface area contributed by atoms with Gasteiger partial charge in [0.2, 0.25) is 0 Å². The minimum atomic E-state index is 0.291. The second kappa shape index (κ2) is 7.42. The average molecular weight is 301 g/mol. The highest BCUT2D eigenvalue weighted by atomic mass is 16.5. The van der Waals surface area contributed by atoms with Gasteiger partial charge < -0.3 is 14.4 Å². The maximum atomic E-state index is 9.25. The average Bonchev–Trinajstić information content (AvgIpc) is 3.20. The number of likely N-dealkylation sites (tertiary alicyclic amines) is 1. The molecule has 22 heavy (non-hydrogen) atoms. The number of ether oxygens (including phenoxy) is 1. The van der Waals surface area contributed by atoms with Crippen LogP contribution in [0, 0.1) is 5.92 Å². The quantitative estimate of drug-likeness (QED) is 0.847. The van der Waals surface area contributed by atoms with Crippen LogP contribution in [0.25, 0.3) is 0 Å². The predicted octanol–water partition coefficient (Wildman–Crippen LogP) is 1.78. The van der Waals surface area contributed by atoms with Gasteiger partial charge in [0.25, 0.3) is 0 Å². The van der Waals surface area contributed by atoms with Gasteiger partial charge in [-0.3, -0.25) is 4.90 Å². The number of aliphatic hydroxyl groups is 1. The van der Waals surface area contributed by atoms with E-state index < -0.39 is 0 Å². The van der Waals surface area contributed by atoms with Gasteiger partial charge in [0.1, 0.15) is 12.4 Å². The Kier molecular flexibility index (Phi) is 5.08. The van der Waals surface area contributed by atoms with Crippen LogP contribution < -0.4 is 4.74 Å². The van der Waals surface area contributed by atoms with Gasteiger partial charge in [0.15, 0.2) is 0 Å². The topological polar surface area (TPSA) is 50.5 Å². The molecule has 0 unspecified atom stereocenters. The monoisotopic (exact) mass is 301 g/mol. The molecule has 3 rings (SSSR count). The van der Waals surface area contributed by atoms with Gasteiger partial charge >= 0.3 is 0 Å². The van der Waals surface area contributed by atoms with Gasteiger partial charge in [0.05, 0.1) is 12.9 Å². The summed E-state index contributed by atoms with van der Waals surface area (Å²) >= 11 is 0. The Morgan fingerprint density at radius 2 is 2.23 bits per heavy atom. The summed E-state index contributed by atoms with van der Waals surface area (Å²) in [4.78, 5) is 6.42. The fourth-order valence-corrected chi connectivity index (χ4v) is 2.90. The van der Waals surface area contributed by atoms with Gasteiger partial charge in [-0.25, -0.2) is 4.98 Å². The van der Waals surface area contributed by atoms with E-state index in [-0.39, 0.29) is 0 Å². The molecule has 0 spiro atoms. The van der Waals surface area contributed by atoms with Crippen LogP contribution in [0.4, 0.5) is 0 Å². The van der Waals surface area contributed by atoms with Crippen molar-refractivity contribution in [3.05, 3.63) is 48.5 Å². The van der Waals surface area contributed by atoms with Crippen LogP contribution in [0.2, 0.25) is 0 Å². The Bertz CT molecular complexity index is 571. The SMILES string of the molecule is OC[C@H]1CCN(Cc2ccccc2OCCn2ccnc2)C1. The lowest BCUT2D eigenvalue weighted by Crippen LogP contribution is -2.21. The Hall–Kier alpha value is -1.85. The van der Waals surface area contributed by atoms with Crippen molar-refractivity contribution < 1.29 is 9.84 Å². The minimum Gasteiger partial charge on any atom is -0.491 e. The molecule has 118 valence electrons. The van der Waals surface area contributed by atoms with Crippen LogP contribution >= 0.6 is 0 Å². The number of aliphatic hydroxyl groups excluding tert-OH is 1. The zero-order valence-corrected chi connectivity index (χ0v) is 12.8. The Balaban J connectivity index is 1.55. The second-order valence-corrected chi connectivity index (χ2v) is 5.83. The predicted molar refractivity (Wildman–Crippen MR) is 84.6 cm³/mol. The summed E-state index contributed by atoms with van der Waals surface area (Å²) in [5.74, 6) is 1.38. The number of hydrogen-bond donors (Lipinski definition) is 1. The molecule has 1 N–H and O–H groups in total. The molecular formula is C17H23N3O2. The molecule has 5 heteroatoms. The second-order valence-electron chi connectivity index (χ2n) is 5.83. The van der Waals surface area contributed by atoms with Crippen LogP contribution in [-0.2, 0) is 13.1 Å². The molecule has 1 fully saturated rings. The third-order valence-corrected chi connectivity index (χ3v) is 4.16. The fourth-order valence-electron chi connectivity index (χ4n) is 2.90. The van der Waals surface area contributed by atoms with Crippen molar-refractivity contribution in [2.45, 2.75) is 19.5 Å². The van der Waals surface area contributed by atoms with E-state index >= 15 is 0 Å². The summed E-state index contributed by atoms with van der Waals surface area (Å²) in [5.41, 5.74) is 1.21. The van der Waals surface area contributed by atoms with Crippen LogP contribution in [-0.4, -0.2) is 45.9 Å². The van der Waals surface area contributed by atoms with E-state index in [2.05, 4.69) is 22.0 Å². The number of para-hydroxylation sites is 1. The summed E-state index contributed by atoms with van der Waals surface area (Å²) in [6.07, 6.45) is 6.60. The van der Waals surface area contributed by atoms with Crippen molar-refractivity contribution in [2.24, 2.45) is 5.92 Å². The van der Waals surface area contributed by atoms with Crippen LogP contribution in [0.15, 0.2) is 43.0 Å². The molecule has 0 bridgehead atoms. The van der Waals surface area contributed by atoms with E-state index in [9.17, 15) is 5.11 Å². The van der Waals surface area contributed by atoms with E-state index in [1.165, 1.54) is 5.56 Å². The lowest BCUT2D eigenvalue weighted by Gasteiger charge is -2.18. The standard InChI is InChI=1S/C17H23N3O2/c21-13-15-5-7-20(11-15)12-16-3-1-2-4-17(16)22-10-9-19-8-6-18-14-19/h1-4,6,8,14-15,21H,5,7,9-13H2/t15-/m0/s1. The highest BCUT2D eigenvalue weighted by Gasteiger charge is 2.22. The molecule has 0 amide bonds. The van der Waals surface area contributed by atoms with E-state index in [0.29, 0.717) is 19.1 Å². The Labute approximate surface area is 131 Å². The van der Waals surface area contributed by atoms with Gasteiger partial charge in [0, 0.05) is 37.7 Å². The molecule has 0 aliphatic carbocycles. The zero-order valence-electron chi connectivity index (χ0n) is 12.8. The maximum Gasteiger partial charge on any atom is 0.123 e. The molecule has 1 aromatic carbocycles. The van der Waals surface area contributed by atoms with Gasteiger partial charge in [-0.2, -0.15) is 0 Å². The number of aromatic nitrogens is 2. The molecule has 2 heterocycles. The van der Waals surface area contributed by atoms with Crippen molar-refractivity contribution >= 4 is 0 Å². The summed E-state index contributed by atoms with van der Waals surface area (Å²) in [6.45, 7) is 4.63. The van der Waals surface area contributed by atoms with Crippen molar-refractivity contribution in [2.75, 3.05) is 26.3 Å². The third kappa shape index (κ3) is 3.87. The summed E-state index contributed by atoms with van der Waals surface area (Å²) in [7, 11) is 0. The lowest BCUT2D eigenvalue weighted by atomic mass is 10.1. The molecule has 0 radical (unpaired) electrons. The highest BCUT2D eigenvalue weighted by molar-refractivity contribution is 5.33. The van der Waals surface area contributed by atoms with E-state index in [1.807, 2.05) is 22.9 Å². The van der Waals surface area contributed by atoms with E-state index in [0.717, 1.165) is 38.3 Å². The largest absolute Gasteiger partial charge is 0.491 e. The number of imidazole rings is 1. The van der Waals surface area contributed by atoms with Gasteiger partial charge in [-0.15, -0.1) is 0 Å². The molecule has 1 aliphatic heterocycles. The molecule has 1 atom stereocenters. The first-order valence-electron chi connectivity index (χ1n) is 7.85. The summed E-state index contributed by atoms with van der Waals surface area (Å²) < 4.78 is 7.96. The molecule has 5 nitrogen and oxygen atoms in total. The Morgan fingerprint density at radius 1 is 1.32 bits per heavy atom. The normalized spacial score (nSPS) is 18.7. The number of rotatable bonds is 7. The van der Waals surface area contributed by atoms with Gasteiger partial charge in [-0.05, 0) is 24.9 Å². The van der Waals surface area contributed by atoms with Crippen molar-refractivity contribution in [1.29, 1.82) is 0 Å². The first-order chi connectivity index (χ1) is 10.8. The number of nitrogens with zero attached hydrogens (tertiary/aromatic N) is 3. The molecule has 1 aliphatic rings. The van der Waals surface area contributed by atoms with Crippen LogP contribution in [0.3, 0.4) is 0 Å². The van der Waals surface area contributed by atoms with E-state index in [4.69, 9.17) is 4.74 Å². The molecule has 1 saturated heterocycles. The zero-order chi connectivity index (χ0) is 15.2. The maximum absolute atomic E-state index is 9.25. The van der Waals surface area contributed by atoms with Crippen molar-refractivity contribution in [3.8, 4) is 5.75 Å². The van der Waals surface area contributed by atoms with E-state index in [1.54, 1.807) is 12.5 Å². The molecule has 2 aromatic rings. The third-order valence-electron chi connectivity index (χ3n) is 4.16. The fraction of sp³-hybridized carbons (Fsp3) is 0.471. The van der Waals surface area contributed by atoms with Crippen molar-refractivity contribution in [1.82, 2.24) is 14.5 Å². The summed E-state index contributed by atoms with van der Waals surface area (Å²) in [6, 6.07) is 8.22. The lowest BCUT2D eigenvalue weighted by molar-refractivity contribution is 0.219. The first-order valence-corrected chi connectivity index (χ1v) is 7.85. The summed E-state index contributed by atoms with van der Waals surface area (Å²) in [5, 5.41) is 9.25. The minimum absolute atomic E-state index is 0.291. The molecular weight excluding hydrogens is 278 g/mol. The van der Waals surface area contributed by atoms with Gasteiger partial charge in [-0.1, -0.05) is 18.2 Å². The molecule has 0 saturated carbocycles. The first kappa shape index (κ1) is 15.1. The number of benzene rings is 1. The Morgan fingerprint density at radius 3 is 3.00 bits per heavy atom. The van der Waals surface area contributed by atoms with Crippen LogP contribution in [0.5, 0.6) is 5.75 Å². The molecule has 1 aromatic heterocycles.